The Kier molecular flexibility index (Phi) is 7.57. The zero-order valence-corrected chi connectivity index (χ0v) is 42.8. The van der Waals surface area contributed by atoms with Crippen LogP contribution in [0, 0.1) is 0 Å². The van der Waals surface area contributed by atoms with Gasteiger partial charge in [0.1, 0.15) is 5.58 Å². The molecule has 2 aromatic heterocycles. The fraction of sp³-hybridized carbons (Fsp3) is 0.312. The molecule has 348 valence electrons. The third kappa shape index (κ3) is 7.16. The first-order chi connectivity index (χ1) is 36.5. The molecule has 0 unspecified atom stereocenters. The molecule has 0 aliphatic carbocycles. The highest BCUT2D eigenvalue weighted by atomic mass is 16.4. The second-order valence-corrected chi connectivity index (χ2v) is 24.5. The van der Waals surface area contributed by atoms with Crippen molar-refractivity contribution in [2.24, 2.45) is 0 Å². The van der Waals surface area contributed by atoms with Crippen LogP contribution in [0.2, 0.25) is 0 Å². The predicted octanol–water partition coefficient (Wildman–Crippen LogP) is 16.7. The molecule has 0 amide bonds. The fourth-order valence-electron chi connectivity index (χ4n) is 10.6. The van der Waals surface area contributed by atoms with Gasteiger partial charge in [-0.3, -0.25) is 0 Å². The second-order valence-electron chi connectivity index (χ2n) is 24.5. The van der Waals surface area contributed by atoms with Crippen molar-refractivity contribution in [2.75, 3.05) is 9.71 Å². The fourth-order valence-corrected chi connectivity index (χ4v) is 10.6. The minimum atomic E-state index is -0.621. The summed E-state index contributed by atoms with van der Waals surface area (Å²) in [5.74, 6) is 0.763. The van der Waals surface area contributed by atoms with E-state index in [0.29, 0.717) is 0 Å². The van der Waals surface area contributed by atoms with Crippen molar-refractivity contribution >= 4 is 79.2 Å². The van der Waals surface area contributed by atoms with Crippen molar-refractivity contribution in [3.63, 3.8) is 0 Å². The number of fused-ring (bicyclic) bond motifs is 9. The smallest absolute Gasteiger partial charge is 0.336 e. The number of nitrogens with zero attached hydrogens (tertiary/aromatic N) is 3. The molecule has 0 fully saturated rings. The van der Waals surface area contributed by atoms with Gasteiger partial charge in [0.05, 0.1) is 30.3 Å². The van der Waals surface area contributed by atoms with E-state index >= 15 is 0 Å². The Labute approximate surface area is 425 Å². The van der Waals surface area contributed by atoms with Gasteiger partial charge in [0.15, 0.2) is 5.88 Å². The van der Waals surface area contributed by atoms with Gasteiger partial charge in [-0.1, -0.05) is 170 Å². The third-order valence-electron chi connectivity index (χ3n) is 14.5. The highest BCUT2D eigenvalue weighted by Crippen LogP contribution is 2.53. The van der Waals surface area contributed by atoms with Crippen molar-refractivity contribution in [1.82, 2.24) is 4.57 Å². The molecule has 0 N–H and O–H groups in total. The lowest BCUT2D eigenvalue weighted by molar-refractivity contribution is 0.552. The van der Waals surface area contributed by atoms with E-state index in [0.717, 1.165) is 88.8 Å². The average molecular weight is 916 g/mol. The highest BCUT2D eigenvalue weighted by molar-refractivity contribution is 6.93. The number of anilines is 5. The SMILES string of the molecule is [2H]c1c([2H])c([2H])c(N(c2ccc3c(c2)c2cc(C(C)(C)C)cc4c2n3-c2cc(C(C)(C)C)cc3c2B4N(c2ccc(C(C)(C)C)cc2)c2oc4c(C(C)(C)C)cc(C(C)(C)C)cc4c2-3)c2c([2H])c([2H])c([2H])c([2H])c2[2H])c([2H])c1[2H]. The van der Waals surface area contributed by atoms with Crippen molar-refractivity contribution < 1.29 is 18.1 Å². The van der Waals surface area contributed by atoms with Gasteiger partial charge < -0.3 is 18.7 Å². The lowest BCUT2D eigenvalue weighted by Gasteiger charge is -2.41. The summed E-state index contributed by atoms with van der Waals surface area (Å²) in [7, 11) is 0. The van der Waals surface area contributed by atoms with E-state index in [1.165, 1.54) is 16.0 Å². The molecular weight excluding hydrogens is 838 g/mol. The molecule has 0 spiro atoms. The van der Waals surface area contributed by atoms with Gasteiger partial charge in [0.25, 0.3) is 0 Å². The Morgan fingerprint density at radius 2 is 1.06 bits per heavy atom. The van der Waals surface area contributed by atoms with E-state index < -0.39 is 67.3 Å². The van der Waals surface area contributed by atoms with Crippen LogP contribution in [0.25, 0.3) is 49.6 Å². The summed E-state index contributed by atoms with van der Waals surface area (Å²) in [4.78, 5) is 3.67. The van der Waals surface area contributed by atoms with E-state index in [1.54, 1.807) is 6.07 Å². The van der Waals surface area contributed by atoms with E-state index in [9.17, 15) is 5.48 Å². The molecule has 0 bridgehead atoms. The van der Waals surface area contributed by atoms with Gasteiger partial charge in [0.2, 0.25) is 0 Å². The molecule has 0 saturated carbocycles. The minimum absolute atomic E-state index is 0.0997. The molecule has 7 aromatic carbocycles. The molecule has 2 aliphatic rings. The van der Waals surface area contributed by atoms with Gasteiger partial charge in [-0.15, -0.1) is 0 Å². The Morgan fingerprint density at radius 1 is 0.507 bits per heavy atom. The number of para-hydroxylation sites is 2. The largest absolute Gasteiger partial charge is 0.440 e. The molecule has 0 radical (unpaired) electrons. The monoisotopic (exact) mass is 916 g/mol. The van der Waals surface area contributed by atoms with Crippen LogP contribution in [0.3, 0.4) is 0 Å². The molecule has 5 heteroatoms. The molecule has 4 heterocycles. The number of hydrogen-bond acceptors (Lipinski definition) is 3. The van der Waals surface area contributed by atoms with E-state index in [1.807, 2.05) is 12.1 Å². The molecule has 69 heavy (non-hydrogen) atoms. The number of aromatic nitrogens is 1. The number of hydrogen-bond donors (Lipinski definition) is 0. The Morgan fingerprint density at radius 3 is 1.62 bits per heavy atom. The molecule has 0 atom stereocenters. The normalized spacial score (nSPS) is 16.0. The molecule has 0 saturated heterocycles. The Hall–Kier alpha value is -6.46. The van der Waals surface area contributed by atoms with Crippen LogP contribution in [-0.4, -0.2) is 11.4 Å². The molecular formula is C64H68BN3O. The number of rotatable bonds is 4. The summed E-state index contributed by atoms with van der Waals surface area (Å²) < 4.78 is 99.1. The number of benzene rings is 7. The lowest BCUT2D eigenvalue weighted by atomic mass is 9.43. The quantitative estimate of drug-likeness (QED) is 0.164. The molecule has 4 nitrogen and oxygen atoms in total. The Balaban J connectivity index is 1.33. The zero-order valence-electron chi connectivity index (χ0n) is 52.8. The molecule has 11 rings (SSSR count). The predicted molar refractivity (Wildman–Crippen MR) is 298 cm³/mol. The summed E-state index contributed by atoms with van der Waals surface area (Å²) >= 11 is 0. The highest BCUT2D eigenvalue weighted by Gasteiger charge is 2.48. The standard InChI is InChI=1S/C64H68BN3O/c1-60(2,3)39-26-28-45(29-27-39)68-59-55(50-34-40(61(4,5)6)35-51(58(50)69-59)64(13,14)15)49-33-42(63(10,11)12)37-54-56(49)65(68)52-36-41(62(7,8)9)32-48-47-38-46(30-31-53(47)67(54)57(48)52)66(43-22-18-16-19-23-43)44-24-20-17-21-25-44/h16-38H,1-15H3/i16D,17D,18D,19D,20D,21D,22D,23D,24D,25D. The summed E-state index contributed by atoms with van der Waals surface area (Å²) in [6, 6.07) is 22.4. The van der Waals surface area contributed by atoms with E-state index in [-0.39, 0.29) is 44.1 Å². The Bertz CT molecular complexity index is 3990. The van der Waals surface area contributed by atoms with E-state index in [2.05, 4.69) is 174 Å². The lowest BCUT2D eigenvalue weighted by Crippen LogP contribution is -2.60. The van der Waals surface area contributed by atoms with E-state index in [4.69, 9.17) is 12.6 Å². The van der Waals surface area contributed by atoms with Crippen molar-refractivity contribution in [1.29, 1.82) is 0 Å². The minimum Gasteiger partial charge on any atom is -0.440 e. The van der Waals surface area contributed by atoms with Crippen LogP contribution >= 0.6 is 0 Å². The summed E-state index contributed by atoms with van der Waals surface area (Å²) in [5, 5.41) is 2.70. The summed E-state index contributed by atoms with van der Waals surface area (Å²) in [5.41, 5.74) is 13.0. The molecule has 9 aromatic rings. The first-order valence-electron chi connectivity index (χ1n) is 29.3. The van der Waals surface area contributed by atoms with Gasteiger partial charge in [-0.2, -0.15) is 0 Å². The summed E-state index contributed by atoms with van der Waals surface area (Å²) in [6.07, 6.45) is 0. The zero-order chi connectivity index (χ0) is 57.6. The topological polar surface area (TPSA) is 24.6 Å². The second kappa shape index (κ2) is 15.0. The van der Waals surface area contributed by atoms with Crippen LogP contribution in [0.15, 0.2) is 144 Å². The van der Waals surface area contributed by atoms with Gasteiger partial charge in [0, 0.05) is 50.2 Å². The van der Waals surface area contributed by atoms with Crippen molar-refractivity contribution in [3.8, 4) is 16.8 Å². The third-order valence-corrected chi connectivity index (χ3v) is 14.5. The van der Waals surface area contributed by atoms with Crippen molar-refractivity contribution in [2.45, 2.75) is 131 Å². The van der Waals surface area contributed by atoms with Gasteiger partial charge >= 0.3 is 6.85 Å². The van der Waals surface area contributed by atoms with Gasteiger partial charge in [-0.25, -0.2) is 0 Å². The van der Waals surface area contributed by atoms with Crippen LogP contribution < -0.4 is 20.6 Å². The summed E-state index contributed by atoms with van der Waals surface area (Å²) in [6.45, 7) is 33.1. The number of furan rings is 1. The van der Waals surface area contributed by atoms with Crippen LogP contribution in [0.4, 0.5) is 28.6 Å². The van der Waals surface area contributed by atoms with Gasteiger partial charge in [-0.05, 0) is 139 Å². The maximum Gasteiger partial charge on any atom is 0.336 e. The van der Waals surface area contributed by atoms with Crippen LogP contribution in [0.5, 0.6) is 0 Å². The maximum atomic E-state index is 9.26. The first-order valence-corrected chi connectivity index (χ1v) is 24.3. The van der Waals surface area contributed by atoms with Crippen LogP contribution in [0.1, 0.15) is 145 Å². The average Bonchev–Trinajstić information content (AvgIpc) is 4.10. The van der Waals surface area contributed by atoms with Crippen molar-refractivity contribution in [3.05, 3.63) is 167 Å². The first kappa shape index (κ1) is 34.8. The van der Waals surface area contributed by atoms with Crippen LogP contribution in [-0.2, 0) is 27.1 Å². The molecule has 2 aliphatic heterocycles. The maximum absolute atomic E-state index is 9.26.